The van der Waals surface area contributed by atoms with E-state index in [1.807, 2.05) is 0 Å². The summed E-state index contributed by atoms with van der Waals surface area (Å²) in [6.45, 7) is 13.3. The van der Waals surface area contributed by atoms with Gasteiger partial charge in [0.2, 0.25) is 0 Å². The molecule has 0 aromatic rings. The molecule has 1 aliphatic rings. The van der Waals surface area contributed by atoms with E-state index in [1.54, 1.807) is 0 Å². The fraction of sp³-hybridized carbons (Fsp3) is 1.00. The van der Waals surface area contributed by atoms with E-state index in [0.717, 1.165) is 25.7 Å². The van der Waals surface area contributed by atoms with Gasteiger partial charge < -0.3 is 10.1 Å². The molecule has 1 rings (SSSR count). The molecular formula is C15H32N2O. The highest BCUT2D eigenvalue weighted by Crippen LogP contribution is 2.08. The van der Waals surface area contributed by atoms with Crippen molar-refractivity contribution < 1.29 is 4.74 Å². The fourth-order valence-corrected chi connectivity index (χ4v) is 2.54. The Balaban J connectivity index is 2.17. The topological polar surface area (TPSA) is 24.5 Å². The third kappa shape index (κ3) is 7.34. The molecule has 108 valence electrons. The van der Waals surface area contributed by atoms with Crippen molar-refractivity contribution in [3.63, 3.8) is 0 Å². The van der Waals surface area contributed by atoms with Crippen LogP contribution in [0.4, 0.5) is 0 Å². The lowest BCUT2D eigenvalue weighted by atomic mass is 10.1. The monoisotopic (exact) mass is 256 g/mol. The van der Waals surface area contributed by atoms with E-state index in [0.29, 0.717) is 6.04 Å². The Kier molecular flexibility index (Phi) is 8.64. The summed E-state index contributed by atoms with van der Waals surface area (Å²) in [6, 6.07) is 0.708. The van der Waals surface area contributed by atoms with Gasteiger partial charge in [0.1, 0.15) is 0 Å². The lowest BCUT2D eigenvalue weighted by Crippen LogP contribution is -2.41. The first-order valence-electron chi connectivity index (χ1n) is 7.75. The Morgan fingerprint density at radius 1 is 1.33 bits per heavy atom. The van der Waals surface area contributed by atoms with E-state index >= 15 is 0 Å². The number of nitrogens with zero attached hydrogens (tertiary/aromatic N) is 1. The molecule has 1 saturated heterocycles. The molecule has 1 N–H and O–H groups in total. The molecule has 0 aromatic carbocycles. The molecule has 18 heavy (non-hydrogen) atoms. The van der Waals surface area contributed by atoms with E-state index in [-0.39, 0.29) is 0 Å². The number of hydrogen-bond acceptors (Lipinski definition) is 3. The van der Waals surface area contributed by atoms with Gasteiger partial charge in [-0.15, -0.1) is 0 Å². The molecule has 1 aliphatic heterocycles. The summed E-state index contributed by atoms with van der Waals surface area (Å²) in [7, 11) is 0. The van der Waals surface area contributed by atoms with Gasteiger partial charge in [0.25, 0.3) is 0 Å². The van der Waals surface area contributed by atoms with Crippen LogP contribution in [0.5, 0.6) is 0 Å². The van der Waals surface area contributed by atoms with Gasteiger partial charge in [-0.05, 0) is 31.7 Å². The van der Waals surface area contributed by atoms with E-state index < -0.39 is 0 Å². The third-order valence-electron chi connectivity index (χ3n) is 3.46. The van der Waals surface area contributed by atoms with E-state index in [2.05, 4.69) is 31.0 Å². The zero-order valence-corrected chi connectivity index (χ0v) is 12.6. The number of ether oxygens (including phenoxy) is 1. The Morgan fingerprint density at radius 2 is 2.17 bits per heavy atom. The summed E-state index contributed by atoms with van der Waals surface area (Å²) in [5.74, 6) is 0.738. The summed E-state index contributed by atoms with van der Waals surface area (Å²) in [5.41, 5.74) is 0. The average molecular weight is 256 g/mol. The van der Waals surface area contributed by atoms with Gasteiger partial charge >= 0.3 is 0 Å². The van der Waals surface area contributed by atoms with Gasteiger partial charge in [-0.25, -0.2) is 0 Å². The van der Waals surface area contributed by atoms with Crippen LogP contribution in [-0.4, -0.2) is 50.3 Å². The minimum Gasteiger partial charge on any atom is -0.380 e. The second-order valence-corrected chi connectivity index (χ2v) is 5.91. The van der Waals surface area contributed by atoms with E-state index in [9.17, 15) is 0 Å². The Morgan fingerprint density at radius 3 is 2.78 bits per heavy atom. The van der Waals surface area contributed by atoms with Gasteiger partial charge in [-0.1, -0.05) is 27.2 Å². The zero-order valence-electron chi connectivity index (χ0n) is 12.6. The van der Waals surface area contributed by atoms with Crippen molar-refractivity contribution in [1.82, 2.24) is 10.2 Å². The number of nitrogens with one attached hydrogen (secondary N) is 1. The molecule has 3 heteroatoms. The van der Waals surface area contributed by atoms with Gasteiger partial charge in [-0.3, -0.25) is 4.90 Å². The standard InChI is InChI=1S/C15H32N2O/c1-4-5-10-18-11-9-17(12-14(2)3)13-15-7-6-8-16-15/h14-16H,4-13H2,1-3H3. The highest BCUT2D eigenvalue weighted by Gasteiger charge is 2.18. The van der Waals surface area contributed by atoms with Crippen molar-refractivity contribution in [3.8, 4) is 0 Å². The van der Waals surface area contributed by atoms with Crippen LogP contribution < -0.4 is 5.32 Å². The summed E-state index contributed by atoms with van der Waals surface area (Å²) >= 11 is 0. The molecule has 0 aromatic heterocycles. The summed E-state index contributed by atoms with van der Waals surface area (Å²) in [4.78, 5) is 2.57. The van der Waals surface area contributed by atoms with Gasteiger partial charge in [0, 0.05) is 32.3 Å². The first kappa shape index (κ1) is 15.9. The van der Waals surface area contributed by atoms with Crippen LogP contribution in [0, 0.1) is 5.92 Å². The minimum absolute atomic E-state index is 0.708. The van der Waals surface area contributed by atoms with Crippen molar-refractivity contribution >= 4 is 0 Å². The van der Waals surface area contributed by atoms with Gasteiger partial charge in [0.15, 0.2) is 0 Å². The molecule has 0 saturated carbocycles. The molecule has 0 aliphatic carbocycles. The molecule has 3 nitrogen and oxygen atoms in total. The van der Waals surface area contributed by atoms with Crippen LogP contribution in [0.25, 0.3) is 0 Å². The predicted molar refractivity (Wildman–Crippen MR) is 78.0 cm³/mol. The number of rotatable bonds is 10. The largest absolute Gasteiger partial charge is 0.380 e. The lowest BCUT2D eigenvalue weighted by molar-refractivity contribution is 0.0942. The van der Waals surface area contributed by atoms with Crippen molar-refractivity contribution in [2.75, 3.05) is 39.4 Å². The Hall–Kier alpha value is -0.120. The Labute approximate surface area is 113 Å². The van der Waals surface area contributed by atoms with Crippen LogP contribution in [0.2, 0.25) is 0 Å². The highest BCUT2D eigenvalue weighted by atomic mass is 16.5. The maximum atomic E-state index is 5.69. The predicted octanol–water partition coefficient (Wildman–Crippen LogP) is 2.51. The van der Waals surface area contributed by atoms with Crippen LogP contribution >= 0.6 is 0 Å². The van der Waals surface area contributed by atoms with E-state index in [1.165, 1.54) is 45.3 Å². The maximum Gasteiger partial charge on any atom is 0.0593 e. The fourth-order valence-electron chi connectivity index (χ4n) is 2.54. The summed E-state index contributed by atoms with van der Waals surface area (Å²) < 4.78 is 5.69. The summed E-state index contributed by atoms with van der Waals surface area (Å²) in [5, 5.41) is 3.59. The molecule has 0 radical (unpaired) electrons. The average Bonchev–Trinajstić information content (AvgIpc) is 2.80. The highest BCUT2D eigenvalue weighted by molar-refractivity contribution is 4.78. The molecule has 1 atom stereocenters. The second kappa shape index (κ2) is 9.76. The molecular weight excluding hydrogens is 224 g/mol. The summed E-state index contributed by atoms with van der Waals surface area (Å²) in [6.07, 6.45) is 5.09. The molecule has 0 bridgehead atoms. The normalized spacial score (nSPS) is 20.2. The van der Waals surface area contributed by atoms with Crippen LogP contribution in [-0.2, 0) is 4.74 Å². The molecule has 0 amide bonds. The SMILES string of the molecule is CCCCOCCN(CC(C)C)CC1CCCN1. The van der Waals surface area contributed by atoms with Crippen LogP contribution in [0.15, 0.2) is 0 Å². The van der Waals surface area contributed by atoms with Gasteiger partial charge in [-0.2, -0.15) is 0 Å². The molecule has 1 unspecified atom stereocenters. The van der Waals surface area contributed by atoms with Crippen molar-refractivity contribution in [2.45, 2.75) is 52.5 Å². The number of hydrogen-bond donors (Lipinski definition) is 1. The second-order valence-electron chi connectivity index (χ2n) is 5.91. The van der Waals surface area contributed by atoms with Crippen molar-refractivity contribution in [2.24, 2.45) is 5.92 Å². The van der Waals surface area contributed by atoms with Crippen molar-refractivity contribution in [3.05, 3.63) is 0 Å². The van der Waals surface area contributed by atoms with Crippen LogP contribution in [0.1, 0.15) is 46.5 Å². The minimum atomic E-state index is 0.708. The van der Waals surface area contributed by atoms with Gasteiger partial charge in [0.05, 0.1) is 6.61 Å². The quantitative estimate of drug-likeness (QED) is 0.608. The lowest BCUT2D eigenvalue weighted by Gasteiger charge is -2.27. The third-order valence-corrected chi connectivity index (χ3v) is 3.46. The smallest absolute Gasteiger partial charge is 0.0593 e. The molecule has 0 spiro atoms. The molecule has 1 heterocycles. The first-order chi connectivity index (χ1) is 8.72. The van der Waals surface area contributed by atoms with Crippen LogP contribution in [0.3, 0.4) is 0 Å². The van der Waals surface area contributed by atoms with Crippen molar-refractivity contribution in [1.29, 1.82) is 0 Å². The molecule has 1 fully saturated rings. The van der Waals surface area contributed by atoms with E-state index in [4.69, 9.17) is 4.74 Å². The number of unbranched alkanes of at least 4 members (excludes halogenated alkanes) is 1. The first-order valence-corrected chi connectivity index (χ1v) is 7.75. The zero-order chi connectivity index (χ0) is 13.2. The Bertz CT molecular complexity index is 191. The maximum absolute atomic E-state index is 5.69.